The van der Waals surface area contributed by atoms with Gasteiger partial charge in [-0.15, -0.1) is 0 Å². The first kappa shape index (κ1) is 12.8. The van der Waals surface area contributed by atoms with Crippen molar-refractivity contribution in [3.63, 3.8) is 0 Å². The fraction of sp³-hybridized carbons (Fsp3) is 0.0714. The maximum Gasteiger partial charge on any atom is 0.257 e. The number of halogens is 1. The van der Waals surface area contributed by atoms with E-state index in [-0.39, 0.29) is 5.91 Å². The molecule has 0 bridgehead atoms. The predicted molar refractivity (Wildman–Crippen MR) is 80.7 cm³/mol. The third kappa shape index (κ3) is 2.30. The Morgan fingerprint density at radius 1 is 1.35 bits per heavy atom. The highest BCUT2D eigenvalue weighted by Gasteiger charge is 2.13. The Morgan fingerprint density at radius 3 is 2.95 bits per heavy atom. The minimum absolute atomic E-state index is 0.173. The topological polar surface area (TPSA) is 70.7 Å². The molecule has 0 saturated heterocycles. The summed E-state index contributed by atoms with van der Waals surface area (Å²) in [5.74, 6) is 0.371. The van der Waals surface area contributed by atoms with E-state index in [1.807, 2.05) is 31.2 Å². The minimum atomic E-state index is -0.173. The molecule has 0 aliphatic heterocycles. The molecule has 2 aromatic heterocycles. The molecule has 0 unspecified atom stereocenters. The van der Waals surface area contributed by atoms with Gasteiger partial charge in [0.25, 0.3) is 5.91 Å². The number of aryl methyl sites for hydroxylation is 1. The van der Waals surface area contributed by atoms with Gasteiger partial charge in [-0.1, -0.05) is 18.2 Å². The quantitative estimate of drug-likeness (QED) is 0.757. The first-order valence-electron chi connectivity index (χ1n) is 6.02. The zero-order valence-electron chi connectivity index (χ0n) is 10.6. The number of pyridine rings is 1. The molecule has 3 rings (SSSR count). The van der Waals surface area contributed by atoms with Crippen LogP contribution in [0.5, 0.6) is 0 Å². The Bertz CT molecular complexity index is 797. The second kappa shape index (κ2) is 5.05. The van der Waals surface area contributed by atoms with E-state index in [1.54, 1.807) is 12.3 Å². The van der Waals surface area contributed by atoms with E-state index in [0.717, 1.165) is 15.4 Å². The standard InChI is InChI=1S/C14H11BrN4O/c1-8-4-2-3-5-10(8)14(20)17-13-11-6-9(15)7-16-12(11)18-19-13/h2-7H,1H3,(H2,16,17,18,19,20). The van der Waals surface area contributed by atoms with Crippen molar-refractivity contribution in [2.45, 2.75) is 6.92 Å². The van der Waals surface area contributed by atoms with Crippen molar-refractivity contribution in [1.82, 2.24) is 15.2 Å². The number of aromatic nitrogens is 3. The monoisotopic (exact) mass is 330 g/mol. The molecule has 0 aliphatic rings. The van der Waals surface area contributed by atoms with Crippen molar-refractivity contribution < 1.29 is 4.79 Å². The number of fused-ring (bicyclic) bond motifs is 1. The normalized spacial score (nSPS) is 10.7. The molecule has 0 saturated carbocycles. The van der Waals surface area contributed by atoms with Gasteiger partial charge >= 0.3 is 0 Å². The van der Waals surface area contributed by atoms with E-state index in [9.17, 15) is 4.79 Å². The second-order valence-corrected chi connectivity index (χ2v) is 5.31. The van der Waals surface area contributed by atoms with Crippen molar-refractivity contribution in [3.8, 4) is 0 Å². The number of nitrogens with zero attached hydrogens (tertiary/aromatic N) is 2. The summed E-state index contributed by atoms with van der Waals surface area (Å²) in [6.45, 7) is 1.90. The number of anilines is 1. The molecule has 2 heterocycles. The average Bonchev–Trinajstić information content (AvgIpc) is 2.82. The number of benzene rings is 1. The van der Waals surface area contributed by atoms with Crippen molar-refractivity contribution in [2.75, 3.05) is 5.32 Å². The molecule has 2 N–H and O–H groups in total. The summed E-state index contributed by atoms with van der Waals surface area (Å²) in [4.78, 5) is 16.4. The van der Waals surface area contributed by atoms with Gasteiger partial charge in [-0.3, -0.25) is 9.89 Å². The van der Waals surface area contributed by atoms with Crippen LogP contribution in [0.3, 0.4) is 0 Å². The van der Waals surface area contributed by atoms with E-state index in [4.69, 9.17) is 0 Å². The van der Waals surface area contributed by atoms with E-state index >= 15 is 0 Å². The predicted octanol–water partition coefficient (Wildman–Crippen LogP) is 3.28. The van der Waals surface area contributed by atoms with Gasteiger partial charge in [0.05, 0.1) is 5.39 Å². The molecule has 100 valence electrons. The highest BCUT2D eigenvalue weighted by Crippen LogP contribution is 2.23. The van der Waals surface area contributed by atoms with Crippen LogP contribution in [0.4, 0.5) is 5.82 Å². The third-order valence-corrected chi connectivity index (χ3v) is 3.44. The molecule has 0 spiro atoms. The minimum Gasteiger partial charge on any atom is -0.306 e. The number of hydrogen-bond acceptors (Lipinski definition) is 3. The highest BCUT2D eigenvalue weighted by atomic mass is 79.9. The summed E-state index contributed by atoms with van der Waals surface area (Å²) in [5.41, 5.74) is 2.12. The van der Waals surface area contributed by atoms with Crippen LogP contribution >= 0.6 is 15.9 Å². The van der Waals surface area contributed by atoms with Gasteiger partial charge in [-0.25, -0.2) is 4.98 Å². The smallest absolute Gasteiger partial charge is 0.257 e. The fourth-order valence-corrected chi connectivity index (χ4v) is 2.31. The van der Waals surface area contributed by atoms with Crippen LogP contribution in [0.2, 0.25) is 0 Å². The molecule has 20 heavy (non-hydrogen) atoms. The van der Waals surface area contributed by atoms with Crippen LogP contribution < -0.4 is 5.32 Å². The van der Waals surface area contributed by atoms with Gasteiger partial charge < -0.3 is 5.32 Å². The van der Waals surface area contributed by atoms with Crippen molar-refractivity contribution in [3.05, 3.63) is 52.1 Å². The summed E-state index contributed by atoms with van der Waals surface area (Å²) in [6, 6.07) is 9.29. The summed E-state index contributed by atoms with van der Waals surface area (Å²) >= 11 is 3.36. The van der Waals surface area contributed by atoms with Crippen LogP contribution in [-0.2, 0) is 0 Å². The number of hydrogen-bond donors (Lipinski definition) is 2. The van der Waals surface area contributed by atoms with Crippen molar-refractivity contribution in [2.24, 2.45) is 0 Å². The molecule has 0 radical (unpaired) electrons. The lowest BCUT2D eigenvalue weighted by atomic mass is 10.1. The number of rotatable bonds is 2. The summed E-state index contributed by atoms with van der Waals surface area (Å²) < 4.78 is 0.831. The van der Waals surface area contributed by atoms with Gasteiger partial charge in [0.15, 0.2) is 5.65 Å². The maximum absolute atomic E-state index is 12.3. The van der Waals surface area contributed by atoms with E-state index in [1.165, 1.54) is 0 Å². The lowest BCUT2D eigenvalue weighted by Gasteiger charge is -2.05. The van der Waals surface area contributed by atoms with Crippen molar-refractivity contribution in [1.29, 1.82) is 0 Å². The Morgan fingerprint density at radius 2 is 2.15 bits per heavy atom. The first-order valence-corrected chi connectivity index (χ1v) is 6.81. The number of nitrogens with one attached hydrogen (secondary N) is 2. The molecule has 1 aromatic carbocycles. The largest absolute Gasteiger partial charge is 0.306 e. The van der Waals surface area contributed by atoms with E-state index in [0.29, 0.717) is 17.0 Å². The van der Waals surface area contributed by atoms with Gasteiger partial charge in [0.2, 0.25) is 0 Å². The lowest BCUT2D eigenvalue weighted by Crippen LogP contribution is -2.13. The fourth-order valence-electron chi connectivity index (χ4n) is 1.98. The van der Waals surface area contributed by atoms with Crippen LogP contribution in [0, 0.1) is 6.92 Å². The van der Waals surface area contributed by atoms with Crippen LogP contribution in [0.15, 0.2) is 41.0 Å². The molecule has 0 fully saturated rings. The van der Waals surface area contributed by atoms with Gasteiger partial charge in [0.1, 0.15) is 5.82 Å². The van der Waals surface area contributed by atoms with Gasteiger partial charge in [-0.2, -0.15) is 5.10 Å². The molecule has 0 atom stereocenters. The first-order chi connectivity index (χ1) is 9.65. The Balaban J connectivity index is 1.96. The molecular formula is C14H11BrN4O. The zero-order valence-corrected chi connectivity index (χ0v) is 12.2. The lowest BCUT2D eigenvalue weighted by molar-refractivity contribution is 0.102. The summed E-state index contributed by atoms with van der Waals surface area (Å²) in [6.07, 6.45) is 1.66. The third-order valence-electron chi connectivity index (χ3n) is 3.00. The number of carbonyl (C=O) groups excluding carboxylic acids is 1. The van der Waals surface area contributed by atoms with Gasteiger partial charge in [0, 0.05) is 16.2 Å². The van der Waals surface area contributed by atoms with E-state index in [2.05, 4.69) is 36.4 Å². The maximum atomic E-state index is 12.3. The number of amides is 1. The SMILES string of the molecule is Cc1ccccc1C(=O)Nc1[nH]nc2ncc(Br)cc12. The van der Waals surface area contributed by atoms with Crippen LogP contribution in [-0.4, -0.2) is 21.1 Å². The molecule has 3 aromatic rings. The molecule has 6 heteroatoms. The van der Waals surface area contributed by atoms with Gasteiger partial charge in [-0.05, 0) is 40.5 Å². The average molecular weight is 331 g/mol. The van der Waals surface area contributed by atoms with E-state index < -0.39 is 0 Å². The Labute approximate surface area is 123 Å². The van der Waals surface area contributed by atoms with Crippen LogP contribution in [0.25, 0.3) is 11.0 Å². The van der Waals surface area contributed by atoms with Crippen LogP contribution in [0.1, 0.15) is 15.9 Å². The Hall–Kier alpha value is -2.21. The molecule has 1 amide bonds. The molecule has 0 aliphatic carbocycles. The molecular weight excluding hydrogens is 320 g/mol. The number of carbonyl (C=O) groups is 1. The second-order valence-electron chi connectivity index (χ2n) is 4.39. The van der Waals surface area contributed by atoms with Crippen molar-refractivity contribution >= 4 is 38.7 Å². The highest BCUT2D eigenvalue weighted by molar-refractivity contribution is 9.10. The summed E-state index contributed by atoms with van der Waals surface area (Å²) in [7, 11) is 0. The summed E-state index contributed by atoms with van der Waals surface area (Å²) in [5, 5.41) is 10.4. The Kier molecular flexibility index (Phi) is 3.23. The number of H-pyrrole nitrogens is 1. The number of aromatic amines is 1. The zero-order chi connectivity index (χ0) is 14.1. The molecule has 5 nitrogen and oxygen atoms in total.